The fraction of sp³-hybridized carbons (Fsp3) is 0.471. The van der Waals surface area contributed by atoms with Crippen LogP contribution < -0.4 is 0 Å². The maximum atomic E-state index is 13.2. The Labute approximate surface area is 148 Å². The van der Waals surface area contributed by atoms with Crippen molar-refractivity contribution in [3.05, 3.63) is 36.0 Å². The molecule has 2 aliphatic rings. The van der Waals surface area contributed by atoms with Gasteiger partial charge in [0.2, 0.25) is 0 Å². The molecule has 3 heterocycles. The summed E-state index contributed by atoms with van der Waals surface area (Å²) in [5.41, 5.74) is -0.711. The first-order chi connectivity index (χ1) is 16.8. The first kappa shape index (κ1) is 4.13. The average Bonchev–Trinajstić information content (AvgIpc) is 3.21. The van der Waals surface area contributed by atoms with Crippen LogP contribution in [-0.2, 0) is 4.74 Å². The van der Waals surface area contributed by atoms with Gasteiger partial charge >= 0.3 is 5.97 Å². The molecule has 0 amide bonds. The zero-order valence-electron chi connectivity index (χ0n) is 27.4. The summed E-state index contributed by atoms with van der Waals surface area (Å²) in [5, 5.41) is -0.208. The minimum atomic E-state index is -4.13. The van der Waals surface area contributed by atoms with E-state index in [9.17, 15) is 4.79 Å². The zero-order chi connectivity index (χ0) is 29.4. The summed E-state index contributed by atoms with van der Waals surface area (Å²) in [5.74, 6) is -1.69. The van der Waals surface area contributed by atoms with Crippen LogP contribution in [0.5, 0.6) is 0 Å². The van der Waals surface area contributed by atoms with Crippen LogP contribution in [-0.4, -0.2) is 40.9 Å². The number of nitrogens with zero attached hydrogens (tertiary/aromatic N) is 1. The highest BCUT2D eigenvalue weighted by Gasteiger charge is 2.40. The van der Waals surface area contributed by atoms with Crippen molar-refractivity contribution >= 4 is 16.9 Å². The number of hydrogen-bond acceptors (Lipinski definition) is 3. The zero-order valence-corrected chi connectivity index (χ0v) is 10.4. The highest BCUT2D eigenvalue weighted by atomic mass is 16.5. The van der Waals surface area contributed by atoms with Gasteiger partial charge in [-0.2, -0.15) is 0 Å². The number of aromatic nitrogens is 1. The van der Waals surface area contributed by atoms with Gasteiger partial charge in [-0.3, -0.25) is 0 Å². The number of para-hydroxylation sites is 1. The van der Waals surface area contributed by atoms with Crippen LogP contribution in [0.3, 0.4) is 0 Å². The molecule has 4 rings (SSSR count). The molecule has 1 unspecified atom stereocenters. The van der Waals surface area contributed by atoms with Gasteiger partial charge in [-0.05, 0) is 25.8 Å². The molecule has 2 aromatic rings. The van der Waals surface area contributed by atoms with E-state index >= 15 is 0 Å². The lowest BCUT2D eigenvalue weighted by Gasteiger charge is -2.35. The van der Waals surface area contributed by atoms with Gasteiger partial charge in [-0.1, -0.05) is 18.2 Å². The fourth-order valence-electron chi connectivity index (χ4n) is 2.02. The van der Waals surface area contributed by atoms with E-state index in [0.717, 1.165) is 12.3 Å². The van der Waals surface area contributed by atoms with E-state index in [1.807, 2.05) is 0 Å². The van der Waals surface area contributed by atoms with Crippen LogP contribution in [0.1, 0.15) is 59.2 Å². The summed E-state index contributed by atoms with van der Waals surface area (Å²) < 4.78 is 145. The largest absolute Gasteiger partial charge is 0.459 e. The number of carbonyl (C=O) groups excluding carboxylic acids is 1. The molecule has 0 aliphatic carbocycles. The van der Waals surface area contributed by atoms with Gasteiger partial charge in [0.15, 0.2) is 0 Å². The maximum Gasteiger partial charge on any atom is 0.340 e. The molecule has 0 saturated carbocycles. The van der Waals surface area contributed by atoms with Crippen LogP contribution >= 0.6 is 0 Å². The number of rotatable bonds is 2. The molecular weight excluding hydrogens is 264 g/mol. The Morgan fingerprint density at radius 3 is 3.10 bits per heavy atom. The summed E-state index contributed by atoms with van der Waals surface area (Å²) in [7, 11) is 0. The van der Waals surface area contributed by atoms with Crippen molar-refractivity contribution in [1.82, 2.24) is 9.88 Å². The van der Waals surface area contributed by atoms with E-state index in [1.54, 1.807) is 0 Å². The van der Waals surface area contributed by atoms with Crippen molar-refractivity contribution in [2.75, 3.05) is 6.98 Å². The molecule has 2 bridgehead atoms. The van der Waals surface area contributed by atoms with E-state index in [-0.39, 0.29) is 10.9 Å². The summed E-state index contributed by atoms with van der Waals surface area (Å²) in [4.78, 5) is 15.2. The van der Waals surface area contributed by atoms with Crippen molar-refractivity contribution in [3.8, 4) is 0 Å². The number of aromatic amines is 1. The molecule has 2 aliphatic heterocycles. The van der Waals surface area contributed by atoms with Crippen molar-refractivity contribution < 1.29 is 32.8 Å². The minimum Gasteiger partial charge on any atom is -0.459 e. The number of H-pyrrole nitrogens is 1. The van der Waals surface area contributed by atoms with Crippen molar-refractivity contribution in [1.29, 1.82) is 0 Å². The Balaban J connectivity index is 1.98. The van der Waals surface area contributed by atoms with Gasteiger partial charge < -0.3 is 14.6 Å². The lowest BCUT2D eigenvalue weighted by atomic mass is 10.0. The van der Waals surface area contributed by atoms with Gasteiger partial charge in [-0.25, -0.2) is 4.79 Å². The number of hydrogen-bond donors (Lipinski definition) is 1. The monoisotopic (exact) mass is 301 g/mol. The Bertz CT molecular complexity index is 1330. The molecule has 110 valence electrons. The number of piperidine rings is 1. The number of ether oxygens (including phenoxy) is 1. The highest BCUT2D eigenvalue weighted by molar-refractivity contribution is 6.04. The van der Waals surface area contributed by atoms with Gasteiger partial charge in [0, 0.05) is 59.7 Å². The molecule has 4 heteroatoms. The predicted octanol–water partition coefficient (Wildman–Crippen LogP) is 2.95. The number of nitrogens with one attached hydrogen (secondary N) is 1. The second-order valence-corrected chi connectivity index (χ2v) is 4.28. The summed E-state index contributed by atoms with van der Waals surface area (Å²) in [6, 6.07) is -8.52. The molecule has 0 radical (unpaired) electrons. The number of benzene rings is 1. The predicted molar refractivity (Wildman–Crippen MR) is 81.3 cm³/mol. The number of fused-ring (bicyclic) bond motifs is 3. The second-order valence-electron chi connectivity index (χ2n) is 4.28. The summed E-state index contributed by atoms with van der Waals surface area (Å²) >= 11 is 0. The van der Waals surface area contributed by atoms with E-state index < -0.39 is 85.1 Å². The number of esters is 1. The van der Waals surface area contributed by atoms with E-state index in [0.29, 0.717) is 0 Å². The first-order valence-corrected chi connectivity index (χ1v) is 5.94. The van der Waals surface area contributed by atoms with Gasteiger partial charge in [0.25, 0.3) is 0 Å². The normalized spacial score (nSPS) is 61.4. The molecule has 1 N–H and O–H groups in total. The van der Waals surface area contributed by atoms with Crippen LogP contribution in [0.4, 0.5) is 0 Å². The Hall–Kier alpha value is -1.81. The Kier molecular flexibility index (Phi) is 0.961. The highest BCUT2D eigenvalue weighted by Crippen LogP contribution is 2.35. The van der Waals surface area contributed by atoms with Crippen molar-refractivity contribution in [3.63, 3.8) is 0 Å². The average molecular weight is 301 g/mol. The van der Waals surface area contributed by atoms with Crippen molar-refractivity contribution in [2.45, 2.75) is 43.6 Å². The second kappa shape index (κ2) is 4.88. The van der Waals surface area contributed by atoms with Crippen molar-refractivity contribution in [2.24, 2.45) is 0 Å². The van der Waals surface area contributed by atoms with Gasteiger partial charge in [-0.15, -0.1) is 0 Å². The van der Waals surface area contributed by atoms with E-state index in [4.69, 9.17) is 28.0 Å². The third-order valence-corrected chi connectivity index (χ3v) is 3.02. The molecule has 21 heavy (non-hydrogen) atoms. The Morgan fingerprint density at radius 2 is 2.33 bits per heavy atom. The van der Waals surface area contributed by atoms with E-state index in [1.165, 1.54) is 0 Å². The summed E-state index contributed by atoms with van der Waals surface area (Å²) in [6.07, 6.45) is -19.3. The minimum absolute atomic E-state index is 0.137. The standard InChI is InChI=1S/C17H20N2O2/c1-19-11-6-7-12(19)9-13(8-11)21-17(20)15-10-18-16-5-3-2-4-14(15)16/h2-5,10-13,18H,6-9H2,1H3/t11-,12+,13?/i1D3,2D,3D,5D,6D2,7D2,8D2,9D2,11D,12D,13D. The van der Waals surface area contributed by atoms with Gasteiger partial charge in [0.1, 0.15) is 6.08 Å². The van der Waals surface area contributed by atoms with Crippen LogP contribution in [0.25, 0.3) is 10.9 Å². The fourth-order valence-corrected chi connectivity index (χ4v) is 2.02. The van der Waals surface area contributed by atoms with Gasteiger partial charge in [0.05, 0.1) is 11.0 Å². The van der Waals surface area contributed by atoms with Crippen LogP contribution in [0.2, 0.25) is 0 Å². The van der Waals surface area contributed by atoms with Crippen LogP contribution in [0, 0.1) is 0 Å². The third-order valence-electron chi connectivity index (χ3n) is 3.02. The smallest absolute Gasteiger partial charge is 0.340 e. The SMILES string of the molecule is [2H]c1cc2c(C(=O)OC3([2H])C([2H])([2H])[C@]4([2H])N(C([2H])([2H])[2H])[C@]([2H])(C3([2H])[2H])C([2H])([2H])C4([2H])[2H])c[nH]c2c([2H])c1[2H]. The maximum absolute atomic E-state index is 13.2. The molecule has 4 nitrogen and oxygen atoms in total. The molecular formula is C17H20N2O2. The molecule has 1 aromatic carbocycles. The molecule has 2 fully saturated rings. The third kappa shape index (κ3) is 2.14. The molecule has 3 atom stereocenters. The molecule has 2 saturated heterocycles. The first-order valence-electron chi connectivity index (χ1n) is 14.4. The topological polar surface area (TPSA) is 45.3 Å². The van der Waals surface area contributed by atoms with E-state index in [2.05, 4.69) is 4.98 Å². The summed E-state index contributed by atoms with van der Waals surface area (Å²) in [6.45, 7) is -3.81. The number of carbonyl (C=O) groups is 1. The molecule has 0 spiro atoms. The Morgan fingerprint density at radius 1 is 1.52 bits per heavy atom. The lowest BCUT2D eigenvalue weighted by molar-refractivity contribution is -0.000258. The quantitative estimate of drug-likeness (QED) is 0.868. The van der Waals surface area contributed by atoms with Crippen LogP contribution in [0.15, 0.2) is 30.4 Å². The molecule has 1 aromatic heterocycles. The lowest BCUT2D eigenvalue weighted by Crippen LogP contribution is -2.43.